The van der Waals surface area contributed by atoms with Crippen LogP contribution in [0.15, 0.2) is 47.3 Å². The van der Waals surface area contributed by atoms with Crippen molar-refractivity contribution in [1.29, 1.82) is 0 Å². The molecule has 1 fully saturated rings. The fraction of sp³-hybridized carbons (Fsp3) is 0.500. The van der Waals surface area contributed by atoms with E-state index in [0.717, 1.165) is 60.4 Å². The summed E-state index contributed by atoms with van der Waals surface area (Å²) >= 11 is 0. The van der Waals surface area contributed by atoms with E-state index in [2.05, 4.69) is 29.3 Å². The minimum absolute atomic E-state index is 0.0274. The number of ether oxygens (including phenoxy) is 1. The van der Waals surface area contributed by atoms with Crippen molar-refractivity contribution in [3.8, 4) is 5.75 Å². The number of aliphatic hydroxyl groups is 1. The van der Waals surface area contributed by atoms with E-state index in [1.807, 2.05) is 34.9 Å². The molecule has 186 valence electrons. The fourth-order valence-electron chi connectivity index (χ4n) is 6.36. The van der Waals surface area contributed by atoms with E-state index in [4.69, 9.17) is 4.74 Å². The van der Waals surface area contributed by atoms with Gasteiger partial charge in [0.1, 0.15) is 5.75 Å². The SMILES string of the molecule is CCCN1[C@H](C(=O)NCc2cccc(OC)c2)[C@@H](CO)[C@@H]2Cn3c(ccc(C4=CCCC4)c3=O)[C@@H]21. The number of likely N-dealkylation sites (tertiary alicyclic amines) is 1. The zero-order chi connectivity index (χ0) is 24.5. The minimum Gasteiger partial charge on any atom is -0.497 e. The van der Waals surface area contributed by atoms with Gasteiger partial charge in [0.05, 0.1) is 19.2 Å². The van der Waals surface area contributed by atoms with E-state index in [1.54, 1.807) is 7.11 Å². The number of allylic oxidation sites excluding steroid dienone is 2. The largest absolute Gasteiger partial charge is 0.497 e. The number of aliphatic hydroxyl groups excluding tert-OH is 1. The van der Waals surface area contributed by atoms with Gasteiger partial charge in [-0.15, -0.1) is 0 Å². The standard InChI is InChI=1S/C28H35N3O4/c1-3-13-30-25-22(16-31-24(25)12-11-21(28(31)34)19-8-4-5-9-19)23(17-32)26(30)27(33)29-15-18-7-6-10-20(14-18)35-2/h6-8,10-12,14,22-23,25-26,32H,3-5,9,13,15-17H2,1-2H3,(H,29,33)/t22-,23-,25+,26-/m0/s1. The number of hydrogen-bond donors (Lipinski definition) is 2. The molecular weight excluding hydrogens is 442 g/mol. The molecule has 1 amide bonds. The van der Waals surface area contributed by atoms with E-state index < -0.39 is 6.04 Å². The first-order valence-corrected chi connectivity index (χ1v) is 12.8. The monoisotopic (exact) mass is 477 g/mol. The Hall–Kier alpha value is -2.90. The Labute approximate surface area is 206 Å². The van der Waals surface area contributed by atoms with E-state index in [1.165, 1.54) is 0 Å². The molecule has 1 aliphatic carbocycles. The molecule has 7 nitrogen and oxygen atoms in total. The van der Waals surface area contributed by atoms with E-state index in [9.17, 15) is 14.7 Å². The van der Waals surface area contributed by atoms with Gasteiger partial charge < -0.3 is 19.7 Å². The zero-order valence-corrected chi connectivity index (χ0v) is 20.6. The van der Waals surface area contributed by atoms with Gasteiger partial charge in [0.2, 0.25) is 5.91 Å². The van der Waals surface area contributed by atoms with Gasteiger partial charge in [-0.3, -0.25) is 14.5 Å². The van der Waals surface area contributed by atoms with Crippen LogP contribution in [0.25, 0.3) is 5.57 Å². The number of methoxy groups -OCH3 is 1. The highest BCUT2D eigenvalue weighted by Crippen LogP contribution is 2.49. The third kappa shape index (κ3) is 4.21. The van der Waals surface area contributed by atoms with Crippen LogP contribution in [0.1, 0.15) is 55.5 Å². The molecule has 2 aromatic rings. The summed E-state index contributed by atoms with van der Waals surface area (Å²) in [5, 5.41) is 13.5. The highest BCUT2D eigenvalue weighted by atomic mass is 16.5. The fourth-order valence-corrected chi connectivity index (χ4v) is 6.36. The summed E-state index contributed by atoms with van der Waals surface area (Å²) in [7, 11) is 1.63. The van der Waals surface area contributed by atoms with Gasteiger partial charge in [-0.1, -0.05) is 25.1 Å². The highest BCUT2D eigenvalue weighted by Gasteiger charge is 2.55. The van der Waals surface area contributed by atoms with Gasteiger partial charge in [-0.2, -0.15) is 0 Å². The van der Waals surface area contributed by atoms with Crippen LogP contribution in [-0.2, 0) is 17.9 Å². The van der Waals surface area contributed by atoms with Gasteiger partial charge in [0.25, 0.3) is 5.56 Å². The Morgan fingerprint density at radius 1 is 1.26 bits per heavy atom. The lowest BCUT2D eigenvalue weighted by molar-refractivity contribution is -0.127. The summed E-state index contributed by atoms with van der Waals surface area (Å²) in [5.74, 6) is 0.476. The van der Waals surface area contributed by atoms with Crippen LogP contribution < -0.4 is 15.6 Å². The lowest BCUT2D eigenvalue weighted by Gasteiger charge is -2.30. The third-order valence-electron chi connectivity index (χ3n) is 7.93. The number of hydrogen-bond acceptors (Lipinski definition) is 5. The van der Waals surface area contributed by atoms with Gasteiger partial charge in [-0.25, -0.2) is 0 Å². The summed E-state index contributed by atoms with van der Waals surface area (Å²) in [6, 6.07) is 11.2. The second-order valence-corrected chi connectivity index (χ2v) is 9.92. The van der Waals surface area contributed by atoms with E-state index in [0.29, 0.717) is 13.1 Å². The molecule has 3 heterocycles. The first-order chi connectivity index (χ1) is 17.1. The maximum absolute atomic E-state index is 13.5. The number of carbonyl (C=O) groups is 1. The summed E-state index contributed by atoms with van der Waals surface area (Å²) in [4.78, 5) is 29.1. The quantitative estimate of drug-likeness (QED) is 0.611. The molecule has 0 spiro atoms. The van der Waals surface area contributed by atoms with Crippen LogP contribution in [0, 0.1) is 11.8 Å². The van der Waals surface area contributed by atoms with Crippen LogP contribution in [-0.4, -0.2) is 46.8 Å². The molecule has 3 aliphatic rings. The molecule has 5 rings (SSSR count). The van der Waals surface area contributed by atoms with Gasteiger partial charge in [-0.05, 0) is 67.6 Å². The summed E-state index contributed by atoms with van der Waals surface area (Å²) in [6.07, 6.45) is 6.16. The minimum atomic E-state index is -0.429. The molecule has 2 N–H and O–H groups in total. The van der Waals surface area contributed by atoms with Crippen molar-refractivity contribution in [1.82, 2.24) is 14.8 Å². The van der Waals surface area contributed by atoms with Crippen molar-refractivity contribution in [2.24, 2.45) is 11.8 Å². The number of nitrogens with zero attached hydrogens (tertiary/aromatic N) is 2. The molecule has 1 saturated heterocycles. The van der Waals surface area contributed by atoms with Crippen molar-refractivity contribution in [2.45, 2.75) is 57.8 Å². The van der Waals surface area contributed by atoms with E-state index >= 15 is 0 Å². The molecule has 7 heteroatoms. The molecule has 0 unspecified atom stereocenters. The molecule has 1 aromatic heterocycles. The van der Waals surface area contributed by atoms with Crippen molar-refractivity contribution in [2.75, 3.05) is 20.3 Å². The maximum atomic E-state index is 13.5. The molecule has 0 saturated carbocycles. The molecule has 0 bridgehead atoms. The van der Waals surface area contributed by atoms with Crippen molar-refractivity contribution in [3.63, 3.8) is 0 Å². The van der Waals surface area contributed by atoms with Crippen LogP contribution in [0.4, 0.5) is 0 Å². The number of amides is 1. The molecule has 35 heavy (non-hydrogen) atoms. The van der Waals surface area contributed by atoms with Crippen molar-refractivity contribution >= 4 is 11.5 Å². The predicted molar refractivity (Wildman–Crippen MR) is 135 cm³/mol. The molecule has 1 aromatic carbocycles. The number of rotatable bonds is 8. The topological polar surface area (TPSA) is 83.8 Å². The zero-order valence-electron chi connectivity index (χ0n) is 20.6. The van der Waals surface area contributed by atoms with Crippen LogP contribution in [0.2, 0.25) is 0 Å². The summed E-state index contributed by atoms with van der Waals surface area (Å²) in [6.45, 7) is 3.69. The van der Waals surface area contributed by atoms with Gasteiger partial charge in [0.15, 0.2) is 0 Å². The molecule has 0 radical (unpaired) electrons. The number of pyridine rings is 1. The first-order valence-electron chi connectivity index (χ1n) is 12.8. The number of nitrogens with one attached hydrogen (secondary N) is 1. The predicted octanol–water partition coefficient (Wildman–Crippen LogP) is 3.11. The maximum Gasteiger partial charge on any atom is 0.258 e. The number of fused-ring (bicyclic) bond motifs is 3. The van der Waals surface area contributed by atoms with Crippen molar-refractivity contribution < 1.29 is 14.6 Å². The van der Waals surface area contributed by atoms with Crippen LogP contribution >= 0.6 is 0 Å². The number of benzene rings is 1. The first kappa shape index (κ1) is 23.8. The smallest absolute Gasteiger partial charge is 0.258 e. The average Bonchev–Trinajstić information content (AvgIpc) is 3.59. The summed E-state index contributed by atoms with van der Waals surface area (Å²) < 4.78 is 7.20. The second-order valence-electron chi connectivity index (χ2n) is 9.92. The highest BCUT2D eigenvalue weighted by molar-refractivity contribution is 5.83. The van der Waals surface area contributed by atoms with E-state index in [-0.39, 0.29) is 36.0 Å². The van der Waals surface area contributed by atoms with Gasteiger partial charge in [0, 0.05) is 42.8 Å². The Balaban J connectivity index is 1.42. The van der Waals surface area contributed by atoms with Gasteiger partial charge >= 0.3 is 0 Å². The van der Waals surface area contributed by atoms with Crippen LogP contribution in [0.5, 0.6) is 5.75 Å². The number of aromatic nitrogens is 1. The van der Waals surface area contributed by atoms with Crippen molar-refractivity contribution in [3.05, 3.63) is 69.6 Å². The molecule has 4 atom stereocenters. The Bertz CT molecular complexity index is 1190. The lowest BCUT2D eigenvalue weighted by atomic mass is 9.88. The Kier molecular flexibility index (Phi) is 6.80. The summed E-state index contributed by atoms with van der Waals surface area (Å²) in [5.41, 5.74) is 3.96. The third-order valence-corrected chi connectivity index (χ3v) is 7.93. The normalized spacial score (nSPS) is 25.3. The Morgan fingerprint density at radius 2 is 2.11 bits per heavy atom. The Morgan fingerprint density at radius 3 is 2.83 bits per heavy atom. The molecular formula is C28H35N3O4. The molecule has 2 aliphatic heterocycles. The lowest BCUT2D eigenvalue weighted by Crippen LogP contribution is -2.48. The average molecular weight is 478 g/mol. The van der Waals surface area contributed by atoms with Crippen LogP contribution in [0.3, 0.4) is 0 Å². The second kappa shape index (κ2) is 9.99. The number of carbonyl (C=O) groups excluding carboxylic acids is 1.